The largest absolute Gasteiger partial charge is 0.485 e. The van der Waals surface area contributed by atoms with E-state index in [1.54, 1.807) is 0 Å². The zero-order valence-corrected chi connectivity index (χ0v) is 11.3. The van der Waals surface area contributed by atoms with Gasteiger partial charge in [-0.3, -0.25) is 0 Å². The quantitative estimate of drug-likeness (QED) is 0.917. The Morgan fingerprint density at radius 1 is 1.00 bits per heavy atom. The Kier molecular flexibility index (Phi) is 3.10. The minimum Gasteiger partial charge on any atom is -0.485 e. The number of halogens is 1. The first-order chi connectivity index (χ1) is 8.81. The van der Waals surface area contributed by atoms with Crippen LogP contribution >= 0.6 is 15.9 Å². The minimum absolute atomic E-state index is 0.0000926. The second kappa shape index (κ2) is 4.75. The maximum absolute atomic E-state index is 9.64. The molecule has 0 saturated carbocycles. The Morgan fingerprint density at radius 2 is 1.67 bits per heavy atom. The number of fused-ring (bicyclic) bond motifs is 1. The van der Waals surface area contributed by atoms with Gasteiger partial charge in [-0.1, -0.05) is 52.3 Å². The Morgan fingerprint density at radius 3 is 2.39 bits per heavy atom. The molecule has 92 valence electrons. The van der Waals surface area contributed by atoms with Crippen LogP contribution in [0.15, 0.2) is 53.0 Å². The summed E-state index contributed by atoms with van der Waals surface area (Å²) in [4.78, 5) is 0. The molecule has 1 N–H and O–H groups in total. The van der Waals surface area contributed by atoms with E-state index in [4.69, 9.17) is 4.74 Å². The molecule has 2 nitrogen and oxygen atoms in total. The third-order valence-electron chi connectivity index (χ3n) is 3.35. The molecule has 2 aromatic rings. The number of hydrogen-bond acceptors (Lipinski definition) is 2. The highest BCUT2D eigenvalue weighted by molar-refractivity contribution is 9.10. The molecule has 0 spiro atoms. The van der Waals surface area contributed by atoms with Gasteiger partial charge in [-0.2, -0.15) is 0 Å². The monoisotopic (exact) mass is 304 g/mol. The van der Waals surface area contributed by atoms with Crippen molar-refractivity contribution in [3.63, 3.8) is 0 Å². The summed E-state index contributed by atoms with van der Waals surface area (Å²) in [5, 5.41) is 9.64. The summed E-state index contributed by atoms with van der Waals surface area (Å²) in [5.74, 6) is 0.872. The van der Waals surface area contributed by atoms with Crippen LogP contribution in [0, 0.1) is 0 Å². The molecule has 0 saturated heterocycles. The molecule has 0 amide bonds. The van der Waals surface area contributed by atoms with Crippen LogP contribution in [0.3, 0.4) is 0 Å². The van der Waals surface area contributed by atoms with Gasteiger partial charge in [-0.25, -0.2) is 0 Å². The van der Waals surface area contributed by atoms with Crippen molar-refractivity contribution in [1.29, 1.82) is 0 Å². The molecular formula is C15H13BrO2. The van der Waals surface area contributed by atoms with E-state index in [0.717, 1.165) is 21.3 Å². The molecule has 1 aliphatic heterocycles. The van der Waals surface area contributed by atoms with E-state index in [1.807, 2.05) is 48.5 Å². The third-order valence-corrected chi connectivity index (χ3v) is 4.07. The predicted molar refractivity (Wildman–Crippen MR) is 73.8 cm³/mol. The van der Waals surface area contributed by atoms with Crippen LogP contribution in [-0.2, 0) is 0 Å². The van der Waals surface area contributed by atoms with E-state index < -0.39 is 0 Å². The number of ether oxygens (including phenoxy) is 1. The van der Waals surface area contributed by atoms with Gasteiger partial charge >= 0.3 is 0 Å². The third kappa shape index (κ3) is 1.84. The van der Waals surface area contributed by atoms with Crippen molar-refractivity contribution in [3.05, 3.63) is 64.1 Å². The fourth-order valence-electron chi connectivity index (χ4n) is 2.46. The highest BCUT2D eigenvalue weighted by atomic mass is 79.9. The summed E-state index contributed by atoms with van der Waals surface area (Å²) >= 11 is 3.55. The smallest absolute Gasteiger partial charge is 0.134 e. The van der Waals surface area contributed by atoms with Gasteiger partial charge in [0.2, 0.25) is 0 Å². The summed E-state index contributed by atoms with van der Waals surface area (Å²) in [6.07, 6.45) is -0.122. The second-order valence-electron chi connectivity index (χ2n) is 4.39. The van der Waals surface area contributed by atoms with Gasteiger partial charge in [0.05, 0.1) is 12.5 Å². The van der Waals surface area contributed by atoms with Crippen LogP contribution in [0.25, 0.3) is 0 Å². The average Bonchev–Trinajstić information content (AvgIpc) is 2.77. The molecule has 3 rings (SSSR count). The lowest BCUT2D eigenvalue weighted by Gasteiger charge is -2.18. The van der Waals surface area contributed by atoms with E-state index in [-0.39, 0.29) is 18.6 Å². The lowest BCUT2D eigenvalue weighted by atomic mass is 9.92. The van der Waals surface area contributed by atoms with Gasteiger partial charge in [-0.15, -0.1) is 0 Å². The molecule has 2 atom stereocenters. The highest BCUT2D eigenvalue weighted by Crippen LogP contribution is 2.46. The van der Waals surface area contributed by atoms with E-state index in [2.05, 4.69) is 15.9 Å². The first kappa shape index (κ1) is 11.8. The van der Waals surface area contributed by atoms with Crippen molar-refractivity contribution in [2.45, 2.75) is 12.0 Å². The lowest BCUT2D eigenvalue weighted by Crippen LogP contribution is -2.13. The van der Waals surface area contributed by atoms with E-state index in [1.165, 1.54) is 0 Å². The summed E-state index contributed by atoms with van der Waals surface area (Å²) < 4.78 is 7.00. The molecule has 0 bridgehead atoms. The number of rotatable bonds is 2. The summed E-state index contributed by atoms with van der Waals surface area (Å²) in [5.41, 5.74) is 2.16. The predicted octanol–water partition coefficient (Wildman–Crippen LogP) is 3.66. The Balaban J connectivity index is 2.04. The standard InChI is InChI=1S/C15H13BrO2/c16-13-7-3-1-6-11(13)15-12(9-17)10-5-2-4-8-14(10)18-15/h1-8,12,15,17H,9H2/t12-,15+/m0/s1. The number of aliphatic hydroxyl groups excluding tert-OH is 1. The van der Waals surface area contributed by atoms with Crippen LogP contribution in [0.4, 0.5) is 0 Å². The molecular weight excluding hydrogens is 292 g/mol. The zero-order chi connectivity index (χ0) is 12.5. The topological polar surface area (TPSA) is 29.5 Å². The van der Waals surface area contributed by atoms with Gasteiger partial charge < -0.3 is 9.84 Å². The highest BCUT2D eigenvalue weighted by Gasteiger charge is 2.35. The lowest BCUT2D eigenvalue weighted by molar-refractivity contribution is 0.159. The van der Waals surface area contributed by atoms with Crippen molar-refractivity contribution in [2.75, 3.05) is 6.61 Å². The Hall–Kier alpha value is -1.32. The molecule has 0 aliphatic carbocycles. The number of para-hydroxylation sites is 1. The fraction of sp³-hybridized carbons (Fsp3) is 0.200. The Labute approximate surface area is 114 Å². The van der Waals surface area contributed by atoms with Crippen molar-refractivity contribution < 1.29 is 9.84 Å². The number of hydrogen-bond donors (Lipinski definition) is 1. The van der Waals surface area contributed by atoms with Gasteiger partial charge in [0.15, 0.2) is 0 Å². The number of benzene rings is 2. The molecule has 18 heavy (non-hydrogen) atoms. The van der Waals surface area contributed by atoms with Gasteiger partial charge in [0, 0.05) is 15.6 Å². The van der Waals surface area contributed by atoms with Gasteiger partial charge in [-0.05, 0) is 12.1 Å². The van der Waals surface area contributed by atoms with Crippen LogP contribution in [-0.4, -0.2) is 11.7 Å². The fourth-order valence-corrected chi connectivity index (χ4v) is 2.97. The Bertz CT molecular complexity index is 568. The van der Waals surface area contributed by atoms with E-state index in [0.29, 0.717) is 0 Å². The van der Waals surface area contributed by atoms with Crippen LogP contribution < -0.4 is 4.74 Å². The molecule has 1 heterocycles. The first-order valence-corrected chi connectivity index (χ1v) is 6.71. The summed E-state index contributed by atoms with van der Waals surface area (Å²) in [6.45, 7) is 0.0863. The van der Waals surface area contributed by atoms with Crippen molar-refractivity contribution in [3.8, 4) is 5.75 Å². The van der Waals surface area contributed by atoms with Gasteiger partial charge in [0.25, 0.3) is 0 Å². The average molecular weight is 305 g/mol. The minimum atomic E-state index is -0.122. The van der Waals surface area contributed by atoms with Crippen molar-refractivity contribution in [1.82, 2.24) is 0 Å². The molecule has 2 aromatic carbocycles. The van der Waals surface area contributed by atoms with Crippen LogP contribution in [0.1, 0.15) is 23.1 Å². The molecule has 0 unspecified atom stereocenters. The van der Waals surface area contributed by atoms with E-state index in [9.17, 15) is 5.11 Å². The molecule has 0 radical (unpaired) electrons. The SMILES string of the molecule is OC[C@H]1c2ccccc2O[C@@H]1c1ccccc1Br. The zero-order valence-electron chi connectivity index (χ0n) is 9.71. The van der Waals surface area contributed by atoms with Crippen molar-refractivity contribution in [2.24, 2.45) is 0 Å². The van der Waals surface area contributed by atoms with Crippen molar-refractivity contribution >= 4 is 15.9 Å². The maximum atomic E-state index is 9.64. The van der Waals surface area contributed by atoms with Crippen LogP contribution in [0.5, 0.6) is 5.75 Å². The molecule has 0 aromatic heterocycles. The normalized spacial score (nSPS) is 21.4. The molecule has 3 heteroatoms. The van der Waals surface area contributed by atoms with Crippen LogP contribution in [0.2, 0.25) is 0 Å². The maximum Gasteiger partial charge on any atom is 0.134 e. The van der Waals surface area contributed by atoms with E-state index >= 15 is 0 Å². The molecule has 0 fully saturated rings. The number of aliphatic hydroxyl groups is 1. The first-order valence-electron chi connectivity index (χ1n) is 5.92. The second-order valence-corrected chi connectivity index (χ2v) is 5.24. The van der Waals surface area contributed by atoms with Gasteiger partial charge in [0.1, 0.15) is 11.9 Å². The summed E-state index contributed by atoms with van der Waals surface area (Å²) in [6, 6.07) is 15.9. The summed E-state index contributed by atoms with van der Waals surface area (Å²) in [7, 11) is 0. The molecule has 1 aliphatic rings.